The quantitative estimate of drug-likeness (QED) is 0.0243. The monoisotopic (exact) mass is 1190 g/mol. The number of fused-ring (bicyclic) bond motifs is 3. The van der Waals surface area contributed by atoms with Gasteiger partial charge in [-0.15, -0.1) is 0 Å². The second-order valence-electron chi connectivity index (χ2n) is 24.2. The topological polar surface area (TPSA) is 179 Å². The van der Waals surface area contributed by atoms with Crippen molar-refractivity contribution in [2.75, 3.05) is 19.7 Å². The Balaban J connectivity index is 1.45. The molecule has 0 fully saturated rings. The molecular formula is C63H96N4O10Sn. The van der Waals surface area contributed by atoms with Crippen LogP contribution in [0.2, 0.25) is 13.3 Å². The van der Waals surface area contributed by atoms with Crippen LogP contribution in [0.5, 0.6) is 0 Å². The number of hydrogen-bond acceptors (Lipinski definition) is 10. The summed E-state index contributed by atoms with van der Waals surface area (Å²) in [5.74, 6) is -1.95. The Morgan fingerprint density at radius 3 is 1.58 bits per heavy atom. The van der Waals surface area contributed by atoms with Gasteiger partial charge in [0, 0.05) is 12.3 Å². The standard InChI is InChI=1S/C51H69N4O10.3C4H9.Sn/c1-49(2,3)63-44(57)30-29-42(46(59)65-51(7,8)9)54-47(60)53-41(45(58)64-50(4,5)6)27-18-20-32-55(33-35-21-11-10-12-22-35)43(56)28-17-19-31-52-48(61)62-34-40-38-25-15-13-23-36(38)37-24-14-16-26-39(37)40;3*1-3-4-2;/h11-16,21-26,40-42H,17-20,27-34H2,1-9H3,(H,52,61)(H2,53,54,60);3*1,3-4H2,2H3;/t41-,42-;;;;/m0..../s1. The number of unbranched alkanes of at least 4 members (excludes halogenated alkanes) is 5. The van der Waals surface area contributed by atoms with Gasteiger partial charge in [0.15, 0.2) is 0 Å². The third-order valence-electron chi connectivity index (χ3n) is 14.0. The van der Waals surface area contributed by atoms with Crippen LogP contribution < -0.4 is 19.5 Å². The first-order chi connectivity index (χ1) is 36.9. The van der Waals surface area contributed by atoms with E-state index in [-0.39, 0.29) is 44.1 Å². The SMILES string of the molecule is CCC[CH2][Sn]([CH2]CCC)([CH2]CCC)[c]1ccc(CN(CCCC[C@H](NC(=O)N[C@@H](CCC(=O)OC(C)(C)C)C(=O)OC(C)(C)C)C(=O)OC(C)(C)C)C(=O)CCCCNC(=O)OCC2c3ccccc3-c3ccccc32)cc1. The van der Waals surface area contributed by atoms with Crippen LogP contribution in [0.3, 0.4) is 0 Å². The molecule has 0 aromatic heterocycles. The van der Waals surface area contributed by atoms with Gasteiger partial charge in [-0.3, -0.25) is 4.79 Å². The number of benzene rings is 3. The number of carbonyl (C=O) groups excluding carboxylic acids is 6. The van der Waals surface area contributed by atoms with Crippen molar-refractivity contribution in [3.8, 4) is 11.1 Å². The van der Waals surface area contributed by atoms with Gasteiger partial charge < -0.3 is 24.3 Å². The number of amides is 4. The molecule has 78 heavy (non-hydrogen) atoms. The van der Waals surface area contributed by atoms with Gasteiger partial charge in [-0.1, -0.05) is 48.5 Å². The molecule has 0 aliphatic heterocycles. The summed E-state index contributed by atoms with van der Waals surface area (Å²) < 4.78 is 28.2. The molecule has 0 radical (unpaired) electrons. The summed E-state index contributed by atoms with van der Waals surface area (Å²) in [4.78, 5) is 82.4. The van der Waals surface area contributed by atoms with Crippen LogP contribution in [0.25, 0.3) is 11.1 Å². The van der Waals surface area contributed by atoms with Gasteiger partial charge in [0.05, 0.1) is 0 Å². The van der Waals surface area contributed by atoms with E-state index in [1.165, 1.54) is 63.0 Å². The van der Waals surface area contributed by atoms with Gasteiger partial charge >= 0.3 is 245 Å². The van der Waals surface area contributed by atoms with Gasteiger partial charge in [-0.2, -0.15) is 0 Å². The summed E-state index contributed by atoms with van der Waals surface area (Å²) in [7, 11) is 0. The molecule has 0 spiro atoms. The molecule has 4 rings (SSSR count). The summed E-state index contributed by atoms with van der Waals surface area (Å²) in [6.07, 6.45) is 9.27. The molecule has 0 saturated carbocycles. The third kappa shape index (κ3) is 22.6. The summed E-state index contributed by atoms with van der Waals surface area (Å²) in [6.45, 7) is 23.9. The van der Waals surface area contributed by atoms with Crippen LogP contribution in [-0.4, -0.2) is 108 Å². The number of nitrogens with one attached hydrogen (secondary N) is 3. The molecule has 3 N–H and O–H groups in total. The Hall–Kier alpha value is -5.12. The van der Waals surface area contributed by atoms with Crippen LogP contribution in [-0.2, 0) is 44.7 Å². The van der Waals surface area contributed by atoms with Crippen molar-refractivity contribution in [3.05, 3.63) is 89.5 Å². The maximum absolute atomic E-state index is 14.2. The molecule has 15 heteroatoms. The number of alkyl carbamates (subject to hydrolysis) is 1. The fraction of sp³-hybridized carbons (Fsp3) is 0.619. The fourth-order valence-corrected chi connectivity index (χ4v) is 26.1. The Morgan fingerprint density at radius 1 is 0.577 bits per heavy atom. The zero-order valence-corrected chi connectivity index (χ0v) is 52.4. The molecule has 0 unspecified atom stereocenters. The van der Waals surface area contributed by atoms with Crippen LogP contribution in [0.15, 0.2) is 72.8 Å². The van der Waals surface area contributed by atoms with Crippen LogP contribution in [0, 0.1) is 0 Å². The average molecular weight is 1190 g/mol. The molecule has 2 atom stereocenters. The van der Waals surface area contributed by atoms with Gasteiger partial charge in [-0.05, 0) is 91.0 Å². The molecule has 14 nitrogen and oxygen atoms in total. The molecule has 1 aliphatic carbocycles. The van der Waals surface area contributed by atoms with Crippen molar-refractivity contribution < 1.29 is 47.7 Å². The molecule has 0 heterocycles. The number of urea groups is 1. The summed E-state index contributed by atoms with van der Waals surface area (Å²) >= 11 is -2.70. The second kappa shape index (κ2) is 31.6. The number of hydrogen-bond donors (Lipinski definition) is 3. The number of ether oxygens (including phenoxy) is 4. The molecule has 432 valence electrons. The summed E-state index contributed by atoms with van der Waals surface area (Å²) in [5.41, 5.74) is 3.23. The number of rotatable bonds is 31. The Labute approximate surface area is 471 Å². The summed E-state index contributed by atoms with van der Waals surface area (Å²) in [6, 6.07) is 22.6. The predicted molar refractivity (Wildman–Crippen MR) is 313 cm³/mol. The molecule has 3 aromatic carbocycles. The van der Waals surface area contributed by atoms with Gasteiger partial charge in [0.2, 0.25) is 0 Å². The van der Waals surface area contributed by atoms with E-state index in [1.807, 2.05) is 29.2 Å². The van der Waals surface area contributed by atoms with E-state index in [9.17, 15) is 28.8 Å². The molecule has 4 amide bonds. The van der Waals surface area contributed by atoms with Crippen LogP contribution in [0.4, 0.5) is 9.59 Å². The van der Waals surface area contributed by atoms with Gasteiger partial charge in [-0.25, -0.2) is 19.2 Å². The molecule has 1 aliphatic rings. The molecule has 0 saturated heterocycles. The average Bonchev–Trinajstić information content (AvgIpc) is 3.69. The van der Waals surface area contributed by atoms with Crippen LogP contribution >= 0.6 is 0 Å². The first-order valence-corrected chi connectivity index (χ1v) is 36.6. The molecule has 3 aromatic rings. The van der Waals surface area contributed by atoms with E-state index in [2.05, 4.69) is 85.3 Å². The van der Waals surface area contributed by atoms with Crippen molar-refractivity contribution in [2.45, 2.75) is 228 Å². The van der Waals surface area contributed by atoms with Crippen molar-refractivity contribution in [2.24, 2.45) is 0 Å². The second-order valence-corrected chi connectivity index (χ2v) is 37.5. The zero-order chi connectivity index (χ0) is 57.5. The minimum absolute atomic E-state index is 0.0108. The molecular weight excluding hydrogens is 1090 g/mol. The van der Waals surface area contributed by atoms with E-state index in [4.69, 9.17) is 18.9 Å². The van der Waals surface area contributed by atoms with Crippen molar-refractivity contribution in [1.82, 2.24) is 20.9 Å². The molecule has 0 bridgehead atoms. The van der Waals surface area contributed by atoms with E-state index in [0.717, 1.165) is 16.7 Å². The van der Waals surface area contributed by atoms with E-state index in [0.29, 0.717) is 45.3 Å². The number of nitrogens with zero attached hydrogens (tertiary/aromatic N) is 1. The first-order valence-electron chi connectivity index (χ1n) is 29.1. The van der Waals surface area contributed by atoms with E-state index in [1.54, 1.807) is 65.9 Å². The fourth-order valence-electron chi connectivity index (χ4n) is 10.1. The van der Waals surface area contributed by atoms with Crippen LogP contribution in [0.1, 0.15) is 196 Å². The first kappa shape index (κ1) is 65.4. The van der Waals surface area contributed by atoms with E-state index >= 15 is 0 Å². The normalized spacial score (nSPS) is 13.3. The van der Waals surface area contributed by atoms with Crippen molar-refractivity contribution in [1.29, 1.82) is 0 Å². The van der Waals surface area contributed by atoms with Crippen molar-refractivity contribution >= 4 is 57.9 Å². The summed E-state index contributed by atoms with van der Waals surface area (Å²) in [5, 5.41) is 8.26. The third-order valence-corrected chi connectivity index (χ3v) is 29.6. The Bertz CT molecular complexity index is 2320. The number of carbonyl (C=O) groups is 6. The van der Waals surface area contributed by atoms with Gasteiger partial charge in [0.25, 0.3) is 0 Å². The maximum atomic E-state index is 14.2. The Kier molecular flexibility index (Phi) is 26.5. The van der Waals surface area contributed by atoms with Crippen molar-refractivity contribution in [3.63, 3.8) is 0 Å². The predicted octanol–water partition coefficient (Wildman–Crippen LogP) is 12.8. The van der Waals surface area contributed by atoms with Gasteiger partial charge in [0.1, 0.15) is 29.5 Å². The number of esters is 3. The Morgan fingerprint density at radius 2 is 1.08 bits per heavy atom. The minimum atomic E-state index is -2.70. The van der Waals surface area contributed by atoms with E-state index < -0.39 is 77.3 Å². The zero-order valence-electron chi connectivity index (χ0n) is 49.5.